The van der Waals surface area contributed by atoms with Crippen molar-refractivity contribution in [2.75, 3.05) is 0 Å². The predicted molar refractivity (Wildman–Crippen MR) is 89.9 cm³/mol. The fourth-order valence-corrected chi connectivity index (χ4v) is 2.53. The van der Waals surface area contributed by atoms with E-state index in [9.17, 15) is 18.3 Å². The molecule has 0 saturated heterocycles. The maximum Gasteiger partial charge on any atom is 0.451 e. The maximum absolute atomic E-state index is 12.7. The summed E-state index contributed by atoms with van der Waals surface area (Å²) < 4.78 is 44.0. The predicted octanol–water partition coefficient (Wildman–Crippen LogP) is 4.17. The lowest BCUT2D eigenvalue weighted by atomic mass is 10.1. The Kier molecular flexibility index (Phi) is 3.91. The molecule has 2 heterocycles. The molecular weight excluding hydrogens is 361 g/mol. The third-order valence-electron chi connectivity index (χ3n) is 3.75. The molecule has 6 nitrogen and oxygen atoms in total. The summed E-state index contributed by atoms with van der Waals surface area (Å²) in [6.45, 7) is 0. The number of hydrogen-bond donors (Lipinski definition) is 2. The minimum atomic E-state index is -4.65. The minimum absolute atomic E-state index is 0.0346. The Labute approximate surface area is 149 Å². The highest BCUT2D eigenvalue weighted by atomic mass is 19.4. The van der Waals surface area contributed by atoms with Gasteiger partial charge in [0.1, 0.15) is 17.1 Å². The Balaban J connectivity index is 1.95. The Morgan fingerprint density at radius 2 is 1.81 bits per heavy atom. The summed E-state index contributed by atoms with van der Waals surface area (Å²) in [6, 6.07) is 15.1. The molecule has 0 atom stereocenters. The average Bonchev–Trinajstić information content (AvgIpc) is 3.12. The van der Waals surface area contributed by atoms with E-state index >= 15 is 0 Å². The van der Waals surface area contributed by atoms with Crippen molar-refractivity contribution in [3.63, 3.8) is 0 Å². The molecule has 2 aromatic carbocycles. The topological polar surface area (TPSA) is 87.3 Å². The summed E-state index contributed by atoms with van der Waals surface area (Å²) in [4.78, 5) is 7.46. The van der Waals surface area contributed by atoms with Crippen molar-refractivity contribution in [3.8, 4) is 17.1 Å². The Morgan fingerprint density at radius 3 is 2.52 bits per heavy atom. The Hall–Kier alpha value is -3.62. The van der Waals surface area contributed by atoms with Crippen molar-refractivity contribution in [2.24, 2.45) is 4.99 Å². The van der Waals surface area contributed by atoms with E-state index in [-0.39, 0.29) is 17.1 Å². The molecule has 4 aromatic rings. The second kappa shape index (κ2) is 6.27. The van der Waals surface area contributed by atoms with Crippen molar-refractivity contribution >= 4 is 16.9 Å². The van der Waals surface area contributed by atoms with Gasteiger partial charge < -0.3 is 9.52 Å². The lowest BCUT2D eigenvalue weighted by molar-refractivity contribution is -0.144. The molecular formula is C18H11F3N4O2. The number of nitrogens with one attached hydrogen (secondary N) is 1. The number of hydrogen-bond acceptors (Lipinski definition) is 5. The van der Waals surface area contributed by atoms with E-state index in [4.69, 9.17) is 4.42 Å². The van der Waals surface area contributed by atoms with Gasteiger partial charge in [0.15, 0.2) is 0 Å². The van der Waals surface area contributed by atoms with Gasteiger partial charge in [0, 0.05) is 17.0 Å². The first-order valence-corrected chi connectivity index (χ1v) is 7.77. The van der Waals surface area contributed by atoms with E-state index < -0.39 is 12.0 Å². The van der Waals surface area contributed by atoms with Crippen LogP contribution in [0.25, 0.3) is 22.3 Å². The van der Waals surface area contributed by atoms with Crippen LogP contribution in [0.5, 0.6) is 5.75 Å². The number of rotatable bonds is 2. The lowest BCUT2D eigenvalue weighted by Crippen LogP contribution is -2.07. The highest BCUT2D eigenvalue weighted by molar-refractivity contribution is 5.80. The number of phenolic OH excluding ortho intramolecular Hbond substituents is 1. The highest BCUT2D eigenvalue weighted by Crippen LogP contribution is 2.27. The minimum Gasteiger partial charge on any atom is -0.508 e. The van der Waals surface area contributed by atoms with Crippen LogP contribution in [-0.2, 0) is 6.18 Å². The monoisotopic (exact) mass is 372 g/mol. The standard InChI is InChI=1S/C18H11F3N4O2/c19-18(20,21)16-23-17(25-24-16)22-13-9-15(10-4-2-1-3-5-10)27-14-7-6-11(26)8-12(13)14/h1-9,26H,(H,23,24,25). The fraction of sp³-hybridized carbons (Fsp3) is 0.0556. The van der Waals surface area contributed by atoms with Crippen LogP contribution in [0.1, 0.15) is 5.82 Å². The summed E-state index contributed by atoms with van der Waals surface area (Å²) in [5.41, 5.74) is 1.16. The molecule has 0 aliphatic carbocycles. The van der Waals surface area contributed by atoms with Gasteiger partial charge in [0.05, 0.1) is 5.36 Å². The molecule has 0 saturated carbocycles. The molecule has 2 aromatic heterocycles. The lowest BCUT2D eigenvalue weighted by Gasteiger charge is -2.05. The average molecular weight is 372 g/mol. The zero-order valence-corrected chi connectivity index (χ0v) is 13.5. The van der Waals surface area contributed by atoms with E-state index in [1.807, 2.05) is 35.4 Å². The number of aromatic nitrogens is 3. The molecule has 4 rings (SSSR count). The quantitative estimate of drug-likeness (QED) is 0.553. The number of phenols is 1. The van der Waals surface area contributed by atoms with Gasteiger partial charge in [-0.3, -0.25) is 5.10 Å². The zero-order chi connectivity index (χ0) is 19.0. The van der Waals surface area contributed by atoms with Crippen molar-refractivity contribution < 1.29 is 22.7 Å². The number of alkyl halides is 3. The fourth-order valence-electron chi connectivity index (χ4n) is 2.53. The van der Waals surface area contributed by atoms with E-state index in [0.29, 0.717) is 16.7 Å². The number of benzene rings is 2. The maximum atomic E-state index is 12.7. The van der Waals surface area contributed by atoms with Crippen LogP contribution < -0.4 is 5.36 Å². The van der Waals surface area contributed by atoms with E-state index in [1.54, 1.807) is 12.1 Å². The second-order valence-electron chi connectivity index (χ2n) is 5.64. The first-order valence-electron chi connectivity index (χ1n) is 7.77. The molecule has 0 spiro atoms. The third kappa shape index (κ3) is 3.39. The number of H-pyrrole nitrogens is 1. The SMILES string of the molecule is Oc1ccc2oc(-c3ccccc3)cc(=Nc3n[nH]c(C(F)(F)F)n3)c2c1. The number of aromatic amines is 1. The molecule has 2 N–H and O–H groups in total. The van der Waals surface area contributed by atoms with Gasteiger partial charge >= 0.3 is 6.18 Å². The number of nitrogens with zero attached hydrogens (tertiary/aromatic N) is 3. The molecule has 136 valence electrons. The van der Waals surface area contributed by atoms with Crippen molar-refractivity contribution in [3.05, 3.63) is 65.8 Å². The van der Waals surface area contributed by atoms with Crippen LogP contribution in [0, 0.1) is 0 Å². The number of halogens is 3. The molecule has 0 unspecified atom stereocenters. The largest absolute Gasteiger partial charge is 0.508 e. The van der Waals surface area contributed by atoms with Gasteiger partial charge in [0.2, 0.25) is 5.82 Å². The van der Waals surface area contributed by atoms with Gasteiger partial charge in [-0.15, -0.1) is 5.10 Å². The molecule has 0 bridgehead atoms. The number of fused-ring (bicyclic) bond motifs is 1. The van der Waals surface area contributed by atoms with E-state index in [1.165, 1.54) is 12.1 Å². The Morgan fingerprint density at radius 1 is 1.04 bits per heavy atom. The summed E-state index contributed by atoms with van der Waals surface area (Å²) in [5, 5.41) is 15.7. The first kappa shape index (κ1) is 16.8. The zero-order valence-electron chi connectivity index (χ0n) is 13.5. The molecule has 0 aliphatic rings. The van der Waals surface area contributed by atoms with Crippen LogP contribution in [0.2, 0.25) is 0 Å². The Bertz CT molecular complexity index is 1180. The van der Waals surface area contributed by atoms with Crippen molar-refractivity contribution in [2.45, 2.75) is 6.18 Å². The van der Waals surface area contributed by atoms with Gasteiger partial charge in [-0.25, -0.2) is 4.99 Å². The molecule has 0 aliphatic heterocycles. The van der Waals surface area contributed by atoms with Crippen LogP contribution in [-0.4, -0.2) is 20.3 Å². The van der Waals surface area contributed by atoms with Crippen molar-refractivity contribution in [1.82, 2.24) is 15.2 Å². The second-order valence-corrected chi connectivity index (χ2v) is 5.64. The molecule has 0 radical (unpaired) electrons. The van der Waals surface area contributed by atoms with Gasteiger partial charge in [-0.05, 0) is 18.2 Å². The van der Waals surface area contributed by atoms with E-state index in [2.05, 4.69) is 15.1 Å². The smallest absolute Gasteiger partial charge is 0.451 e. The number of aromatic hydroxyl groups is 1. The van der Waals surface area contributed by atoms with Crippen LogP contribution in [0.3, 0.4) is 0 Å². The molecule has 9 heteroatoms. The van der Waals surface area contributed by atoms with Gasteiger partial charge in [-0.1, -0.05) is 30.3 Å². The third-order valence-corrected chi connectivity index (χ3v) is 3.75. The van der Waals surface area contributed by atoms with Crippen molar-refractivity contribution in [1.29, 1.82) is 0 Å². The van der Waals surface area contributed by atoms with Gasteiger partial charge in [0.25, 0.3) is 5.95 Å². The first-order chi connectivity index (χ1) is 12.9. The molecule has 0 fully saturated rings. The highest BCUT2D eigenvalue weighted by Gasteiger charge is 2.35. The summed E-state index contributed by atoms with van der Waals surface area (Å²) in [5.74, 6) is -1.19. The van der Waals surface area contributed by atoms with Gasteiger partial charge in [-0.2, -0.15) is 18.2 Å². The molecule has 0 amide bonds. The summed E-state index contributed by atoms with van der Waals surface area (Å²) in [6.07, 6.45) is -4.65. The summed E-state index contributed by atoms with van der Waals surface area (Å²) in [7, 11) is 0. The van der Waals surface area contributed by atoms with Crippen LogP contribution >= 0.6 is 0 Å². The van der Waals surface area contributed by atoms with E-state index in [0.717, 1.165) is 5.56 Å². The normalized spacial score (nSPS) is 12.6. The summed E-state index contributed by atoms with van der Waals surface area (Å²) >= 11 is 0. The molecule has 27 heavy (non-hydrogen) atoms. The van der Waals surface area contributed by atoms with Crippen LogP contribution in [0.4, 0.5) is 19.1 Å². The van der Waals surface area contributed by atoms with Crippen LogP contribution in [0.15, 0.2) is 64.0 Å².